The van der Waals surface area contributed by atoms with Gasteiger partial charge in [0.25, 0.3) is 0 Å². The van der Waals surface area contributed by atoms with Crippen LogP contribution in [0.2, 0.25) is 0 Å². The summed E-state index contributed by atoms with van der Waals surface area (Å²) in [5.41, 5.74) is 0.802. The molecule has 5 heteroatoms. The normalized spacial score (nSPS) is 11.3. The third-order valence-corrected chi connectivity index (χ3v) is 3.08. The summed E-state index contributed by atoms with van der Waals surface area (Å²) in [4.78, 5) is 16.7. The highest BCUT2D eigenvalue weighted by Gasteiger charge is 2.27. The van der Waals surface area contributed by atoms with E-state index in [0.29, 0.717) is 17.1 Å². The van der Waals surface area contributed by atoms with Gasteiger partial charge in [0.2, 0.25) is 0 Å². The van der Waals surface area contributed by atoms with E-state index in [9.17, 15) is 10.1 Å². The molecule has 5 nitrogen and oxygen atoms in total. The van der Waals surface area contributed by atoms with E-state index in [1.165, 1.54) is 20.4 Å². The van der Waals surface area contributed by atoms with Gasteiger partial charge in [0.05, 0.1) is 20.3 Å². The number of nitriles is 1. The van der Waals surface area contributed by atoms with E-state index in [4.69, 9.17) is 9.47 Å². The van der Waals surface area contributed by atoms with Crippen LogP contribution in [-0.4, -0.2) is 25.0 Å². The number of Topliss-reactive ketones (excluding diaryl/α,β-unsaturated/α-hetero) is 1. The Morgan fingerprint density at radius 3 is 2.33 bits per heavy atom. The summed E-state index contributed by atoms with van der Waals surface area (Å²) in [6.45, 7) is 0. The largest absolute Gasteiger partial charge is 0.496 e. The van der Waals surface area contributed by atoms with Gasteiger partial charge in [0.15, 0.2) is 5.78 Å². The molecule has 1 atom stereocenters. The van der Waals surface area contributed by atoms with Crippen LogP contribution in [0.15, 0.2) is 42.7 Å². The Hall–Kier alpha value is -2.87. The third kappa shape index (κ3) is 2.84. The van der Waals surface area contributed by atoms with Gasteiger partial charge in [-0.15, -0.1) is 0 Å². The second kappa shape index (κ2) is 6.53. The van der Waals surface area contributed by atoms with Crippen LogP contribution >= 0.6 is 0 Å². The van der Waals surface area contributed by atoms with Crippen LogP contribution in [-0.2, 0) is 0 Å². The van der Waals surface area contributed by atoms with E-state index in [-0.39, 0.29) is 11.3 Å². The Morgan fingerprint density at radius 1 is 1.19 bits per heavy atom. The number of ether oxygens (including phenoxy) is 2. The molecule has 0 fully saturated rings. The lowest BCUT2D eigenvalue weighted by atomic mass is 9.92. The minimum atomic E-state index is -0.955. The van der Waals surface area contributed by atoms with E-state index in [1.54, 1.807) is 36.5 Å². The van der Waals surface area contributed by atoms with Crippen LogP contribution < -0.4 is 9.47 Å². The van der Waals surface area contributed by atoms with Crippen molar-refractivity contribution in [1.29, 1.82) is 5.26 Å². The van der Waals surface area contributed by atoms with Crippen molar-refractivity contribution in [2.45, 2.75) is 5.92 Å². The van der Waals surface area contributed by atoms with Crippen molar-refractivity contribution < 1.29 is 14.3 Å². The first-order valence-corrected chi connectivity index (χ1v) is 6.27. The molecular formula is C16H14N2O3. The summed E-state index contributed by atoms with van der Waals surface area (Å²) >= 11 is 0. The van der Waals surface area contributed by atoms with Gasteiger partial charge in [0.1, 0.15) is 23.0 Å². The SMILES string of the molecule is COc1cccc(OC)c1C(=O)C(C#N)c1cccnc1. The molecule has 0 bridgehead atoms. The molecule has 2 aromatic rings. The summed E-state index contributed by atoms with van der Waals surface area (Å²) in [6, 6.07) is 10.4. The predicted octanol–water partition coefficient (Wildman–Crippen LogP) is 2.59. The van der Waals surface area contributed by atoms with Crippen molar-refractivity contribution in [3.8, 4) is 17.6 Å². The van der Waals surface area contributed by atoms with Gasteiger partial charge in [-0.2, -0.15) is 5.26 Å². The number of ketones is 1. The molecule has 0 N–H and O–H groups in total. The van der Waals surface area contributed by atoms with E-state index in [2.05, 4.69) is 4.98 Å². The quantitative estimate of drug-likeness (QED) is 0.788. The van der Waals surface area contributed by atoms with Crippen molar-refractivity contribution in [2.75, 3.05) is 14.2 Å². The van der Waals surface area contributed by atoms with Crippen molar-refractivity contribution in [3.63, 3.8) is 0 Å². The number of rotatable bonds is 5. The molecule has 0 aliphatic heterocycles. The molecule has 1 aromatic heterocycles. The molecule has 21 heavy (non-hydrogen) atoms. The molecule has 0 aliphatic carbocycles. The highest BCUT2D eigenvalue weighted by atomic mass is 16.5. The highest BCUT2D eigenvalue weighted by molar-refractivity contribution is 6.06. The second-order valence-corrected chi connectivity index (χ2v) is 4.25. The molecule has 1 aromatic carbocycles. The number of pyridine rings is 1. The lowest BCUT2D eigenvalue weighted by Crippen LogP contribution is -2.14. The van der Waals surface area contributed by atoms with E-state index >= 15 is 0 Å². The number of hydrogen-bond donors (Lipinski definition) is 0. The molecule has 0 spiro atoms. The summed E-state index contributed by atoms with van der Waals surface area (Å²) in [6.07, 6.45) is 3.10. The Kier molecular flexibility index (Phi) is 4.52. The first-order valence-electron chi connectivity index (χ1n) is 6.27. The van der Waals surface area contributed by atoms with Gasteiger partial charge in [-0.3, -0.25) is 9.78 Å². The van der Waals surface area contributed by atoms with Gasteiger partial charge < -0.3 is 9.47 Å². The maximum absolute atomic E-state index is 12.7. The summed E-state index contributed by atoms with van der Waals surface area (Å²) in [5.74, 6) is -0.573. The first kappa shape index (κ1) is 14.5. The number of aromatic nitrogens is 1. The minimum absolute atomic E-state index is 0.262. The molecule has 2 rings (SSSR count). The van der Waals surface area contributed by atoms with Gasteiger partial charge in [0, 0.05) is 12.4 Å². The fourth-order valence-electron chi connectivity index (χ4n) is 2.07. The molecule has 0 aliphatic rings. The number of methoxy groups -OCH3 is 2. The molecule has 1 unspecified atom stereocenters. The Labute approximate surface area is 122 Å². The molecule has 1 heterocycles. The molecule has 0 saturated heterocycles. The second-order valence-electron chi connectivity index (χ2n) is 4.25. The molecule has 0 saturated carbocycles. The fourth-order valence-corrected chi connectivity index (χ4v) is 2.07. The van der Waals surface area contributed by atoms with Crippen molar-refractivity contribution >= 4 is 5.78 Å². The Bertz CT molecular complexity index is 655. The third-order valence-electron chi connectivity index (χ3n) is 3.08. The van der Waals surface area contributed by atoms with Crippen molar-refractivity contribution in [2.24, 2.45) is 0 Å². The highest BCUT2D eigenvalue weighted by Crippen LogP contribution is 2.33. The standard InChI is InChI=1S/C16H14N2O3/c1-20-13-6-3-7-14(21-2)15(13)16(19)12(9-17)11-5-4-8-18-10-11/h3-8,10,12H,1-2H3. The topological polar surface area (TPSA) is 72.2 Å². The Balaban J connectivity index is 2.51. The summed E-state index contributed by atoms with van der Waals surface area (Å²) < 4.78 is 10.4. The molecule has 106 valence electrons. The Morgan fingerprint density at radius 2 is 1.86 bits per heavy atom. The fraction of sp³-hybridized carbons (Fsp3) is 0.188. The van der Waals surface area contributed by atoms with Crippen LogP contribution in [0.5, 0.6) is 11.5 Å². The van der Waals surface area contributed by atoms with E-state index < -0.39 is 5.92 Å². The lowest BCUT2D eigenvalue weighted by Gasteiger charge is -2.14. The number of carbonyl (C=O) groups is 1. The molecule has 0 amide bonds. The zero-order valence-electron chi connectivity index (χ0n) is 11.7. The maximum atomic E-state index is 12.7. The maximum Gasteiger partial charge on any atom is 0.191 e. The molecule has 0 radical (unpaired) electrons. The first-order chi connectivity index (χ1) is 10.2. The number of nitrogens with zero attached hydrogens (tertiary/aromatic N) is 2. The van der Waals surface area contributed by atoms with Gasteiger partial charge in [-0.05, 0) is 23.8 Å². The van der Waals surface area contributed by atoms with Crippen LogP contribution in [0.1, 0.15) is 21.8 Å². The van der Waals surface area contributed by atoms with E-state index in [1.807, 2.05) is 6.07 Å². The summed E-state index contributed by atoms with van der Waals surface area (Å²) in [7, 11) is 2.94. The average molecular weight is 282 g/mol. The lowest BCUT2D eigenvalue weighted by molar-refractivity contribution is 0.0972. The molecular weight excluding hydrogens is 268 g/mol. The number of carbonyl (C=O) groups excluding carboxylic acids is 1. The zero-order valence-corrected chi connectivity index (χ0v) is 11.7. The monoisotopic (exact) mass is 282 g/mol. The van der Waals surface area contributed by atoms with Crippen LogP contribution in [0.25, 0.3) is 0 Å². The summed E-state index contributed by atoms with van der Waals surface area (Å²) in [5, 5.41) is 9.36. The van der Waals surface area contributed by atoms with Crippen LogP contribution in [0.4, 0.5) is 0 Å². The van der Waals surface area contributed by atoms with Crippen molar-refractivity contribution in [3.05, 3.63) is 53.9 Å². The predicted molar refractivity (Wildman–Crippen MR) is 76.5 cm³/mol. The van der Waals surface area contributed by atoms with Gasteiger partial charge in [-0.25, -0.2) is 0 Å². The number of hydrogen-bond acceptors (Lipinski definition) is 5. The average Bonchev–Trinajstić information content (AvgIpc) is 2.55. The van der Waals surface area contributed by atoms with Crippen LogP contribution in [0, 0.1) is 11.3 Å². The smallest absolute Gasteiger partial charge is 0.191 e. The zero-order chi connectivity index (χ0) is 15.2. The van der Waals surface area contributed by atoms with Gasteiger partial charge >= 0.3 is 0 Å². The van der Waals surface area contributed by atoms with E-state index in [0.717, 1.165) is 0 Å². The number of benzene rings is 1. The van der Waals surface area contributed by atoms with Crippen molar-refractivity contribution in [1.82, 2.24) is 4.98 Å². The van der Waals surface area contributed by atoms with Gasteiger partial charge in [-0.1, -0.05) is 12.1 Å². The minimum Gasteiger partial charge on any atom is -0.496 e. The van der Waals surface area contributed by atoms with Crippen LogP contribution in [0.3, 0.4) is 0 Å².